The fourth-order valence-electron chi connectivity index (χ4n) is 13.8. The highest BCUT2D eigenvalue weighted by Gasteiger charge is 2.20. The van der Waals surface area contributed by atoms with E-state index in [1.54, 1.807) is 0 Å². The summed E-state index contributed by atoms with van der Waals surface area (Å²) in [7, 11) is 0. The van der Waals surface area contributed by atoms with E-state index in [1.807, 2.05) is 0 Å². The van der Waals surface area contributed by atoms with E-state index < -0.39 is 12.1 Å². The van der Waals surface area contributed by atoms with Gasteiger partial charge in [-0.05, 0) is 77.0 Å². The molecule has 0 bridgehead atoms. The van der Waals surface area contributed by atoms with Gasteiger partial charge in [0.15, 0.2) is 0 Å². The van der Waals surface area contributed by atoms with Gasteiger partial charge >= 0.3 is 5.97 Å². The summed E-state index contributed by atoms with van der Waals surface area (Å²) in [5.41, 5.74) is 0. The highest BCUT2D eigenvalue weighted by molar-refractivity contribution is 5.76. The molecule has 0 aliphatic carbocycles. The first kappa shape index (κ1) is 90.3. The second-order valence-electron chi connectivity index (χ2n) is 29.5. The number of esters is 1. The molecule has 6 heteroatoms. The Morgan fingerprint density at radius 3 is 0.772 bits per heavy atom. The van der Waals surface area contributed by atoms with Crippen LogP contribution >= 0.6 is 0 Å². The van der Waals surface area contributed by atoms with Crippen molar-refractivity contribution in [1.29, 1.82) is 0 Å². The smallest absolute Gasteiger partial charge is 0.305 e. The Hall–Kier alpha value is -1.66. The third kappa shape index (κ3) is 77.3. The number of carbonyl (C=O) groups is 2. The molecule has 6 nitrogen and oxygen atoms in total. The second-order valence-corrected chi connectivity index (χ2v) is 29.5. The zero-order chi connectivity index (χ0) is 66.3. The lowest BCUT2D eigenvalue weighted by molar-refractivity contribution is -0.143. The van der Waals surface area contributed by atoms with Crippen LogP contribution in [0.3, 0.4) is 0 Å². The number of nitrogens with one attached hydrogen (secondary N) is 1. The van der Waals surface area contributed by atoms with Crippen LogP contribution in [-0.4, -0.2) is 47.4 Å². The van der Waals surface area contributed by atoms with Gasteiger partial charge in [-0.2, -0.15) is 0 Å². The molecule has 546 valence electrons. The highest BCUT2D eigenvalue weighted by Crippen LogP contribution is 2.21. The minimum atomic E-state index is -0.662. The minimum absolute atomic E-state index is 0.0222. The Labute approximate surface area is 577 Å². The molecule has 0 aliphatic rings. The molecule has 0 aliphatic heterocycles. The number of carbonyl (C=O) groups excluding carboxylic acids is 2. The number of amides is 1. The van der Waals surface area contributed by atoms with Gasteiger partial charge in [-0.25, -0.2) is 0 Å². The Morgan fingerprint density at radius 2 is 0.511 bits per heavy atom. The van der Waals surface area contributed by atoms with Gasteiger partial charge in [-0.15, -0.1) is 0 Å². The maximum Gasteiger partial charge on any atom is 0.305 e. The Balaban J connectivity index is 3.32. The molecule has 2 atom stereocenters. The van der Waals surface area contributed by atoms with Crippen LogP contribution in [-0.2, 0) is 14.3 Å². The van der Waals surface area contributed by atoms with E-state index in [2.05, 4.69) is 43.5 Å². The molecule has 0 saturated carbocycles. The molecule has 0 spiro atoms. The molecule has 0 rings (SSSR count). The molecular weight excluding hydrogens is 1130 g/mol. The number of ether oxygens (including phenoxy) is 1. The van der Waals surface area contributed by atoms with Gasteiger partial charge in [0, 0.05) is 12.8 Å². The summed E-state index contributed by atoms with van der Waals surface area (Å²) in [5.74, 6) is -0.00355. The van der Waals surface area contributed by atoms with Crippen LogP contribution in [0.15, 0.2) is 24.3 Å². The van der Waals surface area contributed by atoms with Crippen molar-refractivity contribution in [1.82, 2.24) is 5.32 Å². The molecule has 1 amide bonds. The average Bonchev–Trinajstić information content (AvgIpc) is 3.61. The summed E-state index contributed by atoms with van der Waals surface area (Å²) in [6.07, 6.45) is 106. The third-order valence-corrected chi connectivity index (χ3v) is 20.2. The van der Waals surface area contributed by atoms with Crippen molar-refractivity contribution in [2.24, 2.45) is 0 Å². The molecule has 0 aromatic heterocycles. The fraction of sp³-hybridized carbons (Fsp3) is 0.930. The van der Waals surface area contributed by atoms with Crippen LogP contribution in [0.25, 0.3) is 0 Å². The number of hydrogen-bond acceptors (Lipinski definition) is 5. The van der Waals surface area contributed by atoms with Gasteiger partial charge in [0.1, 0.15) is 0 Å². The lowest BCUT2D eigenvalue weighted by atomic mass is 10.0. The first-order chi connectivity index (χ1) is 45.5. The highest BCUT2D eigenvalue weighted by atomic mass is 16.5. The number of hydrogen-bond donors (Lipinski definition) is 3. The van der Waals surface area contributed by atoms with E-state index in [0.717, 1.165) is 38.5 Å². The van der Waals surface area contributed by atoms with Crippen molar-refractivity contribution < 1.29 is 24.5 Å². The van der Waals surface area contributed by atoms with Gasteiger partial charge in [0.25, 0.3) is 0 Å². The Morgan fingerprint density at radius 1 is 0.293 bits per heavy atom. The zero-order valence-electron chi connectivity index (χ0n) is 62.8. The van der Waals surface area contributed by atoms with Crippen molar-refractivity contribution in [3.05, 3.63) is 24.3 Å². The maximum atomic E-state index is 12.6. The molecule has 0 heterocycles. The number of unbranched alkanes of at least 4 members (excludes halogenated alkanes) is 66. The first-order valence-electron chi connectivity index (χ1n) is 42.6. The van der Waals surface area contributed by atoms with Crippen molar-refractivity contribution in [2.45, 2.75) is 501 Å². The van der Waals surface area contributed by atoms with Crippen LogP contribution in [0.1, 0.15) is 489 Å². The quantitative estimate of drug-likeness (QED) is 0.0320. The van der Waals surface area contributed by atoms with Gasteiger partial charge in [0.05, 0.1) is 25.4 Å². The van der Waals surface area contributed by atoms with Crippen LogP contribution in [0, 0.1) is 0 Å². The summed E-state index contributed by atoms with van der Waals surface area (Å²) in [6.45, 7) is 5.01. The number of aliphatic hydroxyl groups excluding tert-OH is 2. The van der Waals surface area contributed by atoms with E-state index in [-0.39, 0.29) is 18.5 Å². The van der Waals surface area contributed by atoms with Crippen LogP contribution in [0.2, 0.25) is 0 Å². The lowest BCUT2D eigenvalue weighted by Crippen LogP contribution is -2.45. The molecule has 0 radical (unpaired) electrons. The topological polar surface area (TPSA) is 95.9 Å². The molecule has 0 saturated heterocycles. The summed E-state index contributed by atoms with van der Waals surface area (Å²) in [6, 6.07) is -0.539. The van der Waals surface area contributed by atoms with Gasteiger partial charge < -0.3 is 20.3 Å². The summed E-state index contributed by atoms with van der Waals surface area (Å²) in [4.78, 5) is 24.7. The number of rotatable bonds is 81. The fourth-order valence-corrected chi connectivity index (χ4v) is 13.8. The number of allylic oxidation sites excluding steroid dienone is 4. The first-order valence-corrected chi connectivity index (χ1v) is 42.6. The summed E-state index contributed by atoms with van der Waals surface area (Å²) >= 11 is 0. The van der Waals surface area contributed by atoms with Crippen LogP contribution in [0.5, 0.6) is 0 Å². The van der Waals surface area contributed by atoms with Crippen molar-refractivity contribution >= 4 is 11.9 Å². The summed E-state index contributed by atoms with van der Waals surface area (Å²) < 4.78 is 5.52. The van der Waals surface area contributed by atoms with Gasteiger partial charge in [-0.3, -0.25) is 9.59 Å². The predicted octanol–water partition coefficient (Wildman–Crippen LogP) is 28.4. The van der Waals surface area contributed by atoms with Crippen molar-refractivity contribution in [2.75, 3.05) is 13.2 Å². The molecular formula is C86H167NO5. The SMILES string of the molecule is CCCCCCCC/C=C\CCCCCCCCCCCC(=O)OCCCCCCCCCCCCCCCCCC/C=C\CCCCCCCCCCCCCCCCCCCC(=O)NC(CO)C(O)CCCCCCCCCCCCCCCCCCCCC. The molecule has 0 aromatic rings. The lowest BCUT2D eigenvalue weighted by Gasteiger charge is -2.22. The van der Waals surface area contributed by atoms with E-state index in [9.17, 15) is 19.8 Å². The summed E-state index contributed by atoms with van der Waals surface area (Å²) in [5, 5.41) is 23.4. The monoisotopic (exact) mass is 1290 g/mol. The average molecular weight is 1300 g/mol. The Kier molecular flexibility index (Phi) is 80.3. The van der Waals surface area contributed by atoms with Crippen LogP contribution < -0.4 is 5.32 Å². The molecule has 0 fully saturated rings. The minimum Gasteiger partial charge on any atom is -0.466 e. The normalized spacial score (nSPS) is 12.5. The van der Waals surface area contributed by atoms with E-state index in [1.165, 1.54) is 417 Å². The molecule has 3 N–H and O–H groups in total. The zero-order valence-corrected chi connectivity index (χ0v) is 62.8. The largest absolute Gasteiger partial charge is 0.466 e. The van der Waals surface area contributed by atoms with E-state index in [4.69, 9.17) is 4.74 Å². The van der Waals surface area contributed by atoms with Crippen molar-refractivity contribution in [3.8, 4) is 0 Å². The molecule has 0 aromatic carbocycles. The third-order valence-electron chi connectivity index (χ3n) is 20.2. The second kappa shape index (κ2) is 81.8. The van der Waals surface area contributed by atoms with Crippen LogP contribution in [0.4, 0.5) is 0 Å². The maximum absolute atomic E-state index is 12.6. The van der Waals surface area contributed by atoms with E-state index in [0.29, 0.717) is 25.9 Å². The predicted molar refractivity (Wildman–Crippen MR) is 407 cm³/mol. The van der Waals surface area contributed by atoms with E-state index >= 15 is 0 Å². The van der Waals surface area contributed by atoms with Crippen molar-refractivity contribution in [3.63, 3.8) is 0 Å². The number of aliphatic hydroxyl groups is 2. The Bertz CT molecular complexity index is 1450. The van der Waals surface area contributed by atoms with Gasteiger partial charge in [0.2, 0.25) is 5.91 Å². The standard InChI is InChI=1S/C86H167NO5/c1-3-5-7-9-11-13-15-17-19-21-42-46-50-54-58-62-66-70-74-78-84(89)83(82-88)87-85(90)79-75-71-67-63-59-55-51-47-44-40-38-36-34-32-30-28-26-24-23-25-27-29-31-33-35-37-39-41-45-49-53-57-61-65-69-73-77-81-92-86(91)80-76-72-68-64-60-56-52-48-43-22-20-18-16-14-12-10-8-6-4-2/h18,20,23,25,83-84,88-89H,3-17,19,21-22,24,26-82H2,1-2H3,(H,87,90)/b20-18-,25-23-. The molecule has 2 unspecified atom stereocenters. The molecule has 92 heavy (non-hydrogen) atoms. The van der Waals surface area contributed by atoms with Gasteiger partial charge in [-0.1, -0.05) is 423 Å².